The quantitative estimate of drug-likeness (QED) is 0.751. The van der Waals surface area contributed by atoms with E-state index in [2.05, 4.69) is 5.32 Å². The Morgan fingerprint density at radius 2 is 2.03 bits per heavy atom. The molecular formula is C20H21ClN2O5S. The van der Waals surface area contributed by atoms with E-state index in [1.165, 1.54) is 18.2 Å². The van der Waals surface area contributed by atoms with Gasteiger partial charge in [0.15, 0.2) is 0 Å². The number of halogens is 1. The van der Waals surface area contributed by atoms with Gasteiger partial charge in [-0.05, 0) is 42.3 Å². The summed E-state index contributed by atoms with van der Waals surface area (Å²) in [5, 5.41) is 2.86. The first-order valence-electron chi connectivity index (χ1n) is 9.00. The zero-order chi connectivity index (χ0) is 21.2. The molecule has 1 aliphatic rings. The summed E-state index contributed by atoms with van der Waals surface area (Å²) in [6.45, 7) is 1.95. The molecule has 0 aliphatic carbocycles. The number of hydrogen-bond donors (Lipinski definition) is 1. The fraction of sp³-hybridized carbons (Fsp3) is 0.300. The Bertz CT molecular complexity index is 1050. The molecule has 2 aromatic rings. The highest BCUT2D eigenvalue weighted by Gasteiger charge is 2.42. The van der Waals surface area contributed by atoms with Gasteiger partial charge in [0.2, 0.25) is 15.9 Å². The van der Waals surface area contributed by atoms with Crippen molar-refractivity contribution in [2.75, 3.05) is 23.7 Å². The number of nitrogens with zero attached hydrogens (tertiary/aromatic N) is 1. The molecule has 0 aromatic heterocycles. The summed E-state index contributed by atoms with van der Waals surface area (Å²) >= 11 is 6.21. The van der Waals surface area contributed by atoms with Crippen LogP contribution in [-0.4, -0.2) is 39.6 Å². The maximum absolute atomic E-state index is 12.4. The lowest BCUT2D eigenvalue weighted by atomic mass is 10.1. The van der Waals surface area contributed by atoms with E-state index in [0.717, 1.165) is 15.6 Å². The van der Waals surface area contributed by atoms with Crippen LogP contribution in [0.5, 0.6) is 5.75 Å². The molecular weight excluding hydrogens is 416 g/mol. The van der Waals surface area contributed by atoms with Gasteiger partial charge in [-0.3, -0.25) is 9.59 Å². The molecule has 3 rings (SSSR count). The number of anilines is 1. The standard InChI is InChI=1S/C20H21ClN2O5S/c1-13-12-29(26,27)23(20(13)25)15-6-7-17(18(21)11-15)19(24)22-9-8-14-4-3-5-16(10-14)28-2/h3-7,10-11,13H,8-9,12H2,1-2H3,(H,22,24)/t13-/m0/s1. The summed E-state index contributed by atoms with van der Waals surface area (Å²) in [6.07, 6.45) is 0.608. The molecule has 1 heterocycles. The average molecular weight is 437 g/mol. The highest BCUT2D eigenvalue weighted by Crippen LogP contribution is 2.31. The van der Waals surface area contributed by atoms with Gasteiger partial charge in [0.1, 0.15) is 5.75 Å². The Morgan fingerprint density at radius 1 is 1.28 bits per heavy atom. The maximum atomic E-state index is 12.4. The molecule has 0 spiro atoms. The minimum absolute atomic E-state index is 0.0731. The molecule has 2 aromatic carbocycles. The zero-order valence-electron chi connectivity index (χ0n) is 16.0. The molecule has 1 fully saturated rings. The van der Waals surface area contributed by atoms with Gasteiger partial charge in [-0.1, -0.05) is 30.7 Å². The van der Waals surface area contributed by atoms with Gasteiger partial charge < -0.3 is 10.1 Å². The lowest BCUT2D eigenvalue weighted by Gasteiger charge is -2.16. The van der Waals surface area contributed by atoms with Crippen molar-refractivity contribution in [2.24, 2.45) is 5.92 Å². The lowest BCUT2D eigenvalue weighted by molar-refractivity contribution is -0.119. The third-order valence-electron chi connectivity index (χ3n) is 4.63. The van der Waals surface area contributed by atoms with E-state index in [1.807, 2.05) is 24.3 Å². The van der Waals surface area contributed by atoms with Crippen LogP contribution >= 0.6 is 11.6 Å². The van der Waals surface area contributed by atoms with Crippen molar-refractivity contribution in [3.05, 3.63) is 58.6 Å². The van der Waals surface area contributed by atoms with Gasteiger partial charge in [-0.2, -0.15) is 0 Å². The molecule has 0 saturated carbocycles. The molecule has 0 unspecified atom stereocenters. The fourth-order valence-corrected chi connectivity index (χ4v) is 5.22. The Hall–Kier alpha value is -2.58. The molecule has 1 saturated heterocycles. The van der Waals surface area contributed by atoms with Crippen molar-refractivity contribution < 1.29 is 22.7 Å². The van der Waals surface area contributed by atoms with Crippen LogP contribution in [0.15, 0.2) is 42.5 Å². The minimum Gasteiger partial charge on any atom is -0.497 e. The number of rotatable bonds is 6. The molecule has 1 aliphatic heterocycles. The Kier molecular flexibility index (Phi) is 6.14. The van der Waals surface area contributed by atoms with E-state index in [9.17, 15) is 18.0 Å². The Morgan fingerprint density at radius 3 is 2.66 bits per heavy atom. The van der Waals surface area contributed by atoms with Crippen LogP contribution in [0.4, 0.5) is 5.69 Å². The fourth-order valence-electron chi connectivity index (χ4n) is 3.14. The molecule has 9 heteroatoms. The molecule has 1 atom stereocenters. The second kappa shape index (κ2) is 8.42. The molecule has 0 bridgehead atoms. The van der Waals surface area contributed by atoms with Crippen molar-refractivity contribution in [2.45, 2.75) is 13.3 Å². The third kappa shape index (κ3) is 4.54. The van der Waals surface area contributed by atoms with Crippen LogP contribution in [0.3, 0.4) is 0 Å². The third-order valence-corrected chi connectivity index (χ3v) is 6.81. The zero-order valence-corrected chi connectivity index (χ0v) is 17.6. The first-order valence-corrected chi connectivity index (χ1v) is 11.0. The summed E-state index contributed by atoms with van der Waals surface area (Å²) in [7, 11) is -2.13. The van der Waals surface area contributed by atoms with Gasteiger partial charge >= 0.3 is 0 Å². The average Bonchev–Trinajstić information content (AvgIpc) is 2.88. The lowest BCUT2D eigenvalue weighted by Crippen LogP contribution is -2.30. The van der Waals surface area contributed by atoms with Crippen molar-refractivity contribution in [3.63, 3.8) is 0 Å². The second-order valence-corrected chi connectivity index (χ2v) is 9.07. The summed E-state index contributed by atoms with van der Waals surface area (Å²) in [5.41, 5.74) is 1.35. The molecule has 154 valence electrons. The van der Waals surface area contributed by atoms with Crippen molar-refractivity contribution in [3.8, 4) is 5.75 Å². The molecule has 2 amide bonds. The highest BCUT2D eigenvalue weighted by atomic mass is 35.5. The summed E-state index contributed by atoms with van der Waals surface area (Å²) in [5.74, 6) is -0.993. The van der Waals surface area contributed by atoms with E-state index in [4.69, 9.17) is 16.3 Å². The van der Waals surface area contributed by atoms with Crippen LogP contribution in [-0.2, 0) is 21.2 Å². The van der Waals surface area contributed by atoms with Gasteiger partial charge in [-0.25, -0.2) is 12.7 Å². The Labute approximate surface area is 174 Å². The normalized spacial score (nSPS) is 18.0. The number of carbonyl (C=O) groups is 2. The van der Waals surface area contributed by atoms with Gasteiger partial charge in [0.05, 0.1) is 35.1 Å². The summed E-state index contributed by atoms with van der Waals surface area (Å²) in [6, 6.07) is 11.7. The van der Waals surface area contributed by atoms with Gasteiger partial charge in [-0.15, -0.1) is 0 Å². The number of carbonyl (C=O) groups excluding carboxylic acids is 2. The van der Waals surface area contributed by atoms with E-state index in [0.29, 0.717) is 13.0 Å². The Balaban J connectivity index is 1.68. The number of methoxy groups -OCH3 is 1. The van der Waals surface area contributed by atoms with E-state index in [-0.39, 0.29) is 27.9 Å². The number of amides is 2. The number of benzene rings is 2. The predicted molar refractivity (Wildman–Crippen MR) is 111 cm³/mol. The van der Waals surface area contributed by atoms with Crippen LogP contribution in [0, 0.1) is 5.92 Å². The smallest absolute Gasteiger partial charge is 0.252 e. The van der Waals surface area contributed by atoms with Crippen LogP contribution in [0.1, 0.15) is 22.8 Å². The summed E-state index contributed by atoms with van der Waals surface area (Å²) in [4.78, 5) is 24.6. The van der Waals surface area contributed by atoms with Crippen LogP contribution < -0.4 is 14.4 Å². The number of nitrogens with one attached hydrogen (secondary N) is 1. The van der Waals surface area contributed by atoms with E-state index >= 15 is 0 Å². The molecule has 7 nitrogen and oxygen atoms in total. The van der Waals surface area contributed by atoms with E-state index < -0.39 is 21.8 Å². The SMILES string of the molecule is COc1cccc(CCNC(=O)c2ccc(N3C(=O)[C@@H](C)CS3(=O)=O)cc2Cl)c1. The molecule has 29 heavy (non-hydrogen) atoms. The van der Waals surface area contributed by atoms with Gasteiger partial charge in [0, 0.05) is 6.54 Å². The number of sulfonamides is 1. The first kappa shape index (κ1) is 21.1. The first-order chi connectivity index (χ1) is 13.7. The molecule has 1 N–H and O–H groups in total. The van der Waals surface area contributed by atoms with Crippen LogP contribution in [0.25, 0.3) is 0 Å². The summed E-state index contributed by atoms with van der Waals surface area (Å²) < 4.78 is 30.3. The van der Waals surface area contributed by atoms with Crippen LogP contribution in [0.2, 0.25) is 5.02 Å². The van der Waals surface area contributed by atoms with Crippen molar-refractivity contribution >= 4 is 39.1 Å². The molecule has 0 radical (unpaired) electrons. The topological polar surface area (TPSA) is 92.8 Å². The minimum atomic E-state index is -3.72. The second-order valence-electron chi connectivity index (χ2n) is 6.80. The van der Waals surface area contributed by atoms with Gasteiger partial charge in [0.25, 0.3) is 5.91 Å². The monoisotopic (exact) mass is 436 g/mol. The van der Waals surface area contributed by atoms with E-state index in [1.54, 1.807) is 14.0 Å². The highest BCUT2D eigenvalue weighted by molar-refractivity contribution is 7.94. The van der Waals surface area contributed by atoms with Crippen molar-refractivity contribution in [1.29, 1.82) is 0 Å². The predicted octanol–water partition coefficient (Wildman–Crippen LogP) is 2.63. The largest absolute Gasteiger partial charge is 0.497 e. The number of ether oxygens (including phenoxy) is 1. The van der Waals surface area contributed by atoms with Crippen molar-refractivity contribution in [1.82, 2.24) is 5.32 Å². The maximum Gasteiger partial charge on any atom is 0.252 e. The number of hydrogen-bond acceptors (Lipinski definition) is 5.